The molecule has 0 atom stereocenters. The zero-order valence-corrected chi connectivity index (χ0v) is 18.8. The molecule has 0 fully saturated rings. The van der Waals surface area contributed by atoms with Crippen molar-refractivity contribution in [2.45, 2.75) is 39.0 Å². The molecule has 1 aromatic heterocycles. The van der Waals surface area contributed by atoms with E-state index in [0.717, 1.165) is 11.1 Å². The molecular weight excluding hydrogens is 406 g/mol. The molecule has 3 aromatic rings. The summed E-state index contributed by atoms with van der Waals surface area (Å²) in [6.07, 6.45) is 1.25. The van der Waals surface area contributed by atoms with Gasteiger partial charge in [-0.1, -0.05) is 62.2 Å². The number of ether oxygens (including phenoxy) is 2. The molecule has 0 unspecified atom stereocenters. The SMILES string of the molecule is CCC#Cc1nc(C(CC)(OC)OC)nn1Cc1ccc(-c2ccccc2C(=O)O)cc1. The smallest absolute Gasteiger partial charge is 0.336 e. The van der Waals surface area contributed by atoms with Gasteiger partial charge in [-0.15, -0.1) is 5.10 Å². The number of methoxy groups -OCH3 is 2. The van der Waals surface area contributed by atoms with Gasteiger partial charge in [-0.25, -0.2) is 9.48 Å². The number of carboxylic acid groups (broad SMARTS) is 1. The fraction of sp³-hybridized carbons (Fsp3) is 0.320. The normalized spacial score (nSPS) is 11.1. The van der Waals surface area contributed by atoms with Gasteiger partial charge >= 0.3 is 5.97 Å². The predicted molar refractivity (Wildman–Crippen MR) is 121 cm³/mol. The predicted octanol–water partition coefficient (Wildman–Crippen LogP) is 4.31. The van der Waals surface area contributed by atoms with Gasteiger partial charge in [0.2, 0.25) is 17.4 Å². The fourth-order valence-electron chi connectivity index (χ4n) is 3.47. The van der Waals surface area contributed by atoms with Crippen molar-refractivity contribution >= 4 is 5.97 Å². The lowest BCUT2D eigenvalue weighted by Gasteiger charge is -2.26. The molecule has 1 N–H and O–H groups in total. The summed E-state index contributed by atoms with van der Waals surface area (Å²) >= 11 is 0. The van der Waals surface area contributed by atoms with E-state index in [1.54, 1.807) is 37.1 Å². The highest BCUT2D eigenvalue weighted by molar-refractivity contribution is 5.95. The monoisotopic (exact) mass is 433 g/mol. The van der Waals surface area contributed by atoms with Gasteiger partial charge in [-0.3, -0.25) is 0 Å². The van der Waals surface area contributed by atoms with E-state index in [1.807, 2.05) is 44.2 Å². The molecule has 3 rings (SSSR count). The van der Waals surface area contributed by atoms with E-state index in [1.165, 1.54) is 0 Å². The van der Waals surface area contributed by atoms with Crippen molar-refractivity contribution in [2.75, 3.05) is 14.2 Å². The number of rotatable bonds is 8. The number of hydrogen-bond donors (Lipinski definition) is 1. The highest BCUT2D eigenvalue weighted by Gasteiger charge is 2.35. The summed E-state index contributed by atoms with van der Waals surface area (Å²) < 4.78 is 12.9. The second kappa shape index (κ2) is 10.2. The van der Waals surface area contributed by atoms with Gasteiger partial charge in [0.1, 0.15) is 0 Å². The number of nitrogens with zero attached hydrogens (tertiary/aromatic N) is 3. The van der Waals surface area contributed by atoms with Crippen LogP contribution < -0.4 is 0 Å². The Labute approximate surface area is 188 Å². The number of benzene rings is 2. The van der Waals surface area contributed by atoms with E-state index < -0.39 is 11.8 Å². The van der Waals surface area contributed by atoms with Crippen LogP contribution in [0.15, 0.2) is 48.5 Å². The molecule has 7 nitrogen and oxygen atoms in total. The van der Waals surface area contributed by atoms with Crippen LogP contribution in [0.1, 0.15) is 54.3 Å². The number of carboxylic acids is 1. The molecule has 0 spiro atoms. The first-order valence-electron chi connectivity index (χ1n) is 10.4. The van der Waals surface area contributed by atoms with Crippen molar-refractivity contribution < 1.29 is 19.4 Å². The molecule has 0 radical (unpaired) electrons. The standard InChI is InChI=1S/C25H27N3O4/c1-5-7-12-22-26-24(25(6-2,31-3)32-4)27-28(22)17-18-13-15-19(16-14-18)20-10-8-9-11-21(20)23(29)30/h8-11,13-16H,5-6,17H2,1-4H3,(H,29,30). The molecule has 7 heteroatoms. The number of hydrogen-bond acceptors (Lipinski definition) is 5. The molecule has 0 aliphatic carbocycles. The van der Waals surface area contributed by atoms with Crippen LogP contribution in [0.2, 0.25) is 0 Å². The molecule has 32 heavy (non-hydrogen) atoms. The van der Waals surface area contributed by atoms with Crippen LogP contribution >= 0.6 is 0 Å². The maximum absolute atomic E-state index is 11.5. The summed E-state index contributed by atoms with van der Waals surface area (Å²) in [7, 11) is 3.14. The molecule has 0 saturated carbocycles. The van der Waals surface area contributed by atoms with Crippen molar-refractivity contribution in [1.29, 1.82) is 0 Å². The average molecular weight is 434 g/mol. The van der Waals surface area contributed by atoms with Crippen molar-refractivity contribution in [1.82, 2.24) is 14.8 Å². The lowest BCUT2D eigenvalue weighted by Crippen LogP contribution is -2.31. The zero-order chi connectivity index (χ0) is 23.1. The minimum Gasteiger partial charge on any atom is -0.478 e. The lowest BCUT2D eigenvalue weighted by molar-refractivity contribution is -0.222. The van der Waals surface area contributed by atoms with Crippen LogP contribution in [-0.2, 0) is 21.8 Å². The van der Waals surface area contributed by atoms with Gasteiger partial charge in [0.05, 0.1) is 12.1 Å². The summed E-state index contributed by atoms with van der Waals surface area (Å²) in [5.41, 5.74) is 2.76. The first-order chi connectivity index (χ1) is 15.5. The van der Waals surface area contributed by atoms with Crippen molar-refractivity contribution in [3.8, 4) is 23.0 Å². The molecule has 0 aliphatic heterocycles. The van der Waals surface area contributed by atoms with Crippen LogP contribution in [0.4, 0.5) is 0 Å². The molecule has 0 amide bonds. The third-order valence-electron chi connectivity index (χ3n) is 5.27. The van der Waals surface area contributed by atoms with E-state index in [-0.39, 0.29) is 5.56 Å². The molecule has 1 heterocycles. The van der Waals surface area contributed by atoms with Gasteiger partial charge in [0.15, 0.2) is 0 Å². The molecule has 2 aromatic carbocycles. The Morgan fingerprint density at radius 2 is 1.78 bits per heavy atom. The van der Waals surface area contributed by atoms with Gasteiger partial charge in [-0.2, -0.15) is 4.98 Å². The van der Waals surface area contributed by atoms with Gasteiger partial charge < -0.3 is 14.6 Å². The summed E-state index contributed by atoms with van der Waals surface area (Å²) in [5, 5.41) is 14.1. The minimum atomic E-state index is -1.03. The van der Waals surface area contributed by atoms with E-state index in [4.69, 9.17) is 9.47 Å². The van der Waals surface area contributed by atoms with E-state index >= 15 is 0 Å². The molecule has 0 aliphatic rings. The van der Waals surface area contributed by atoms with Crippen LogP contribution in [0.25, 0.3) is 11.1 Å². The minimum absolute atomic E-state index is 0.272. The Morgan fingerprint density at radius 1 is 1.09 bits per heavy atom. The average Bonchev–Trinajstić information content (AvgIpc) is 3.22. The third kappa shape index (κ3) is 4.72. The Morgan fingerprint density at radius 3 is 2.38 bits per heavy atom. The first kappa shape index (κ1) is 23.2. The zero-order valence-electron chi connectivity index (χ0n) is 18.8. The van der Waals surface area contributed by atoms with Crippen molar-refractivity contribution in [3.05, 3.63) is 71.3 Å². The quantitative estimate of drug-likeness (QED) is 0.421. The van der Waals surface area contributed by atoms with Crippen molar-refractivity contribution in [2.24, 2.45) is 0 Å². The van der Waals surface area contributed by atoms with Crippen molar-refractivity contribution in [3.63, 3.8) is 0 Å². The van der Waals surface area contributed by atoms with Crippen LogP contribution in [-0.4, -0.2) is 40.1 Å². The summed E-state index contributed by atoms with van der Waals surface area (Å²) in [4.78, 5) is 16.1. The third-order valence-corrected chi connectivity index (χ3v) is 5.27. The Kier molecular flexibility index (Phi) is 7.41. The van der Waals surface area contributed by atoms with Crippen LogP contribution in [0, 0.1) is 11.8 Å². The maximum atomic E-state index is 11.5. The molecular formula is C25H27N3O4. The number of aromatic nitrogens is 3. The number of carbonyl (C=O) groups is 1. The largest absolute Gasteiger partial charge is 0.478 e. The Balaban J connectivity index is 1.94. The van der Waals surface area contributed by atoms with Crippen LogP contribution in [0.5, 0.6) is 0 Å². The Hall–Kier alpha value is -3.47. The first-order valence-corrected chi connectivity index (χ1v) is 10.4. The fourth-order valence-corrected chi connectivity index (χ4v) is 3.47. The molecule has 0 bridgehead atoms. The summed E-state index contributed by atoms with van der Waals surface area (Å²) in [6.45, 7) is 4.37. The second-order valence-corrected chi connectivity index (χ2v) is 7.13. The number of aromatic carboxylic acids is 1. The lowest BCUT2D eigenvalue weighted by atomic mass is 9.99. The summed E-state index contributed by atoms with van der Waals surface area (Å²) in [6, 6.07) is 14.7. The maximum Gasteiger partial charge on any atom is 0.336 e. The topological polar surface area (TPSA) is 86.5 Å². The summed E-state index contributed by atoms with van der Waals surface area (Å²) in [5.74, 6) is 5.10. The highest BCUT2D eigenvalue weighted by Crippen LogP contribution is 2.28. The van der Waals surface area contributed by atoms with Gasteiger partial charge in [0, 0.05) is 27.1 Å². The highest BCUT2D eigenvalue weighted by atomic mass is 16.7. The molecule has 0 saturated heterocycles. The van der Waals surface area contributed by atoms with E-state index in [0.29, 0.717) is 36.6 Å². The molecule has 166 valence electrons. The van der Waals surface area contributed by atoms with Crippen LogP contribution in [0.3, 0.4) is 0 Å². The van der Waals surface area contributed by atoms with E-state index in [9.17, 15) is 9.90 Å². The van der Waals surface area contributed by atoms with Gasteiger partial charge in [0.25, 0.3) is 0 Å². The second-order valence-electron chi connectivity index (χ2n) is 7.13. The van der Waals surface area contributed by atoms with E-state index in [2.05, 4.69) is 21.9 Å². The Bertz CT molecular complexity index is 1130. The van der Waals surface area contributed by atoms with Gasteiger partial charge in [-0.05, 0) is 28.7 Å².